The standard InChI is InChI=1S/C21H26N2O3/c24-17(9-13-22-11-4-1-5-12-22)15-23-19(25)14-21(20(23)26)10-8-16-6-2-3-7-18(16)21/h2-3,6-7H,1,4-5,8-15H2. The van der Waals surface area contributed by atoms with Crippen molar-refractivity contribution in [3.8, 4) is 0 Å². The first-order chi connectivity index (χ1) is 12.6. The van der Waals surface area contributed by atoms with Crippen molar-refractivity contribution < 1.29 is 14.4 Å². The van der Waals surface area contributed by atoms with E-state index in [0.717, 1.165) is 37.2 Å². The van der Waals surface area contributed by atoms with Crippen molar-refractivity contribution >= 4 is 17.6 Å². The summed E-state index contributed by atoms with van der Waals surface area (Å²) in [5, 5.41) is 0. The topological polar surface area (TPSA) is 57.7 Å². The maximum absolute atomic E-state index is 13.1. The van der Waals surface area contributed by atoms with Gasteiger partial charge in [-0.05, 0) is 49.9 Å². The Balaban J connectivity index is 1.41. The van der Waals surface area contributed by atoms with E-state index >= 15 is 0 Å². The van der Waals surface area contributed by atoms with E-state index in [4.69, 9.17) is 0 Å². The molecule has 4 rings (SSSR count). The van der Waals surface area contributed by atoms with Crippen molar-refractivity contribution in [2.45, 2.75) is 50.4 Å². The van der Waals surface area contributed by atoms with Gasteiger partial charge in [0.2, 0.25) is 11.8 Å². The number of carbonyl (C=O) groups excluding carboxylic acids is 3. The Morgan fingerprint density at radius 1 is 1.08 bits per heavy atom. The molecule has 1 aromatic rings. The number of benzene rings is 1. The zero-order valence-corrected chi connectivity index (χ0v) is 15.2. The third-order valence-electron chi connectivity index (χ3n) is 6.25. The van der Waals surface area contributed by atoms with Gasteiger partial charge in [0.15, 0.2) is 5.78 Å². The summed E-state index contributed by atoms with van der Waals surface area (Å²) in [6.07, 6.45) is 5.79. The number of rotatable bonds is 5. The van der Waals surface area contributed by atoms with Crippen molar-refractivity contribution in [2.75, 3.05) is 26.2 Å². The first-order valence-electron chi connectivity index (χ1n) is 9.77. The highest BCUT2D eigenvalue weighted by Gasteiger charge is 2.55. The minimum atomic E-state index is -0.721. The number of Topliss-reactive ketones (excluding diaryl/α,β-unsaturated/α-hetero) is 1. The van der Waals surface area contributed by atoms with Gasteiger partial charge in [-0.1, -0.05) is 30.7 Å². The lowest BCUT2D eigenvalue weighted by Crippen LogP contribution is -2.40. The van der Waals surface area contributed by atoms with Crippen LogP contribution in [-0.2, 0) is 26.2 Å². The van der Waals surface area contributed by atoms with Crippen molar-refractivity contribution in [1.29, 1.82) is 0 Å². The second-order valence-electron chi connectivity index (χ2n) is 7.89. The number of ketones is 1. The van der Waals surface area contributed by atoms with Crippen LogP contribution in [0.2, 0.25) is 0 Å². The number of aryl methyl sites for hydroxylation is 1. The second kappa shape index (κ2) is 6.95. The average Bonchev–Trinajstić information content (AvgIpc) is 3.15. The van der Waals surface area contributed by atoms with Crippen molar-refractivity contribution in [3.05, 3.63) is 35.4 Å². The molecule has 0 bridgehead atoms. The Morgan fingerprint density at radius 3 is 2.65 bits per heavy atom. The molecule has 0 saturated carbocycles. The molecule has 2 saturated heterocycles. The van der Waals surface area contributed by atoms with Crippen LogP contribution in [0.5, 0.6) is 0 Å². The summed E-state index contributed by atoms with van der Waals surface area (Å²) < 4.78 is 0. The number of hydrogen-bond donors (Lipinski definition) is 0. The second-order valence-corrected chi connectivity index (χ2v) is 7.89. The molecule has 1 atom stereocenters. The highest BCUT2D eigenvalue weighted by molar-refractivity contribution is 6.11. The van der Waals surface area contributed by atoms with Crippen LogP contribution in [0.3, 0.4) is 0 Å². The number of imide groups is 1. The first kappa shape index (κ1) is 17.4. The summed E-state index contributed by atoms with van der Waals surface area (Å²) in [7, 11) is 0. The Labute approximate surface area is 154 Å². The van der Waals surface area contributed by atoms with Gasteiger partial charge in [0.05, 0.1) is 12.0 Å². The van der Waals surface area contributed by atoms with E-state index in [2.05, 4.69) is 4.90 Å². The monoisotopic (exact) mass is 354 g/mol. The van der Waals surface area contributed by atoms with Crippen LogP contribution in [-0.4, -0.2) is 53.6 Å². The van der Waals surface area contributed by atoms with Gasteiger partial charge < -0.3 is 4.90 Å². The number of likely N-dealkylation sites (tertiary alicyclic amines) is 2. The van der Waals surface area contributed by atoms with E-state index in [-0.39, 0.29) is 30.6 Å². The molecule has 2 heterocycles. The maximum Gasteiger partial charge on any atom is 0.240 e. The van der Waals surface area contributed by atoms with Crippen LogP contribution in [0.25, 0.3) is 0 Å². The molecule has 0 N–H and O–H groups in total. The number of fused-ring (bicyclic) bond motifs is 2. The van der Waals surface area contributed by atoms with Gasteiger partial charge in [-0.15, -0.1) is 0 Å². The third kappa shape index (κ3) is 2.98. The number of amides is 2. The van der Waals surface area contributed by atoms with Gasteiger partial charge in [-0.25, -0.2) is 0 Å². The number of nitrogens with zero attached hydrogens (tertiary/aromatic N) is 2. The van der Waals surface area contributed by atoms with Crippen molar-refractivity contribution in [3.63, 3.8) is 0 Å². The van der Waals surface area contributed by atoms with E-state index in [1.54, 1.807) is 0 Å². The number of hydrogen-bond acceptors (Lipinski definition) is 4. The zero-order valence-electron chi connectivity index (χ0n) is 15.2. The lowest BCUT2D eigenvalue weighted by Gasteiger charge is -2.26. The summed E-state index contributed by atoms with van der Waals surface area (Å²) in [4.78, 5) is 41.6. The summed E-state index contributed by atoms with van der Waals surface area (Å²) in [6.45, 7) is 2.78. The molecule has 5 nitrogen and oxygen atoms in total. The molecule has 138 valence electrons. The first-order valence-corrected chi connectivity index (χ1v) is 9.77. The van der Waals surface area contributed by atoms with Crippen molar-refractivity contribution in [2.24, 2.45) is 0 Å². The molecular formula is C21H26N2O3. The highest BCUT2D eigenvalue weighted by atomic mass is 16.2. The SMILES string of the molecule is O=C(CCN1CCCCC1)CN1C(=O)CC2(CCc3ccccc32)C1=O. The van der Waals surface area contributed by atoms with Crippen LogP contribution in [0.4, 0.5) is 0 Å². The lowest BCUT2D eigenvalue weighted by atomic mass is 9.80. The van der Waals surface area contributed by atoms with E-state index in [1.807, 2.05) is 24.3 Å². The summed E-state index contributed by atoms with van der Waals surface area (Å²) in [5.74, 6) is -0.377. The Bertz CT molecular complexity index is 739. The highest BCUT2D eigenvalue weighted by Crippen LogP contribution is 2.46. The fourth-order valence-electron chi connectivity index (χ4n) is 4.78. The third-order valence-corrected chi connectivity index (χ3v) is 6.25. The van der Waals surface area contributed by atoms with E-state index < -0.39 is 5.41 Å². The number of piperidine rings is 1. The Morgan fingerprint density at radius 2 is 1.85 bits per heavy atom. The Hall–Kier alpha value is -2.01. The van der Waals surface area contributed by atoms with Crippen LogP contribution in [0, 0.1) is 0 Å². The zero-order chi connectivity index (χ0) is 18.1. The molecule has 2 fully saturated rings. The van der Waals surface area contributed by atoms with Gasteiger partial charge in [0.1, 0.15) is 0 Å². The van der Waals surface area contributed by atoms with E-state index in [1.165, 1.54) is 24.2 Å². The Kier molecular flexibility index (Phi) is 4.65. The minimum Gasteiger partial charge on any atom is -0.303 e. The molecule has 2 aliphatic heterocycles. The molecule has 5 heteroatoms. The van der Waals surface area contributed by atoms with Gasteiger partial charge in [-0.2, -0.15) is 0 Å². The molecule has 1 unspecified atom stereocenters. The molecule has 0 aromatic heterocycles. The number of carbonyl (C=O) groups is 3. The van der Waals surface area contributed by atoms with Gasteiger partial charge in [0.25, 0.3) is 0 Å². The molecule has 0 radical (unpaired) electrons. The normalized spacial score (nSPS) is 25.9. The lowest BCUT2D eigenvalue weighted by molar-refractivity contribution is -0.143. The van der Waals surface area contributed by atoms with Crippen LogP contribution in [0.15, 0.2) is 24.3 Å². The minimum absolute atomic E-state index is 0.0133. The van der Waals surface area contributed by atoms with Crippen LogP contribution < -0.4 is 0 Å². The molecular weight excluding hydrogens is 328 g/mol. The fourth-order valence-corrected chi connectivity index (χ4v) is 4.78. The summed E-state index contributed by atoms with van der Waals surface area (Å²) in [6, 6.07) is 7.90. The predicted octanol–water partition coefficient (Wildman–Crippen LogP) is 2.07. The molecule has 1 aliphatic carbocycles. The average molecular weight is 354 g/mol. The van der Waals surface area contributed by atoms with Crippen molar-refractivity contribution in [1.82, 2.24) is 9.80 Å². The van der Waals surface area contributed by atoms with Crippen LogP contribution >= 0.6 is 0 Å². The molecule has 1 aromatic carbocycles. The quantitative estimate of drug-likeness (QED) is 0.760. The summed E-state index contributed by atoms with van der Waals surface area (Å²) >= 11 is 0. The maximum atomic E-state index is 13.1. The van der Waals surface area contributed by atoms with Gasteiger partial charge in [0, 0.05) is 19.4 Å². The van der Waals surface area contributed by atoms with Gasteiger partial charge in [-0.3, -0.25) is 19.3 Å². The van der Waals surface area contributed by atoms with E-state index in [9.17, 15) is 14.4 Å². The fraction of sp³-hybridized carbons (Fsp3) is 0.571. The predicted molar refractivity (Wildman–Crippen MR) is 97.7 cm³/mol. The molecule has 2 amide bonds. The molecule has 1 spiro atoms. The molecule has 26 heavy (non-hydrogen) atoms. The van der Waals surface area contributed by atoms with Crippen LogP contribution in [0.1, 0.15) is 49.7 Å². The van der Waals surface area contributed by atoms with E-state index in [0.29, 0.717) is 12.8 Å². The largest absolute Gasteiger partial charge is 0.303 e. The van der Waals surface area contributed by atoms with Gasteiger partial charge >= 0.3 is 0 Å². The molecule has 3 aliphatic rings. The smallest absolute Gasteiger partial charge is 0.240 e. The summed E-state index contributed by atoms with van der Waals surface area (Å²) in [5.41, 5.74) is 1.43.